The molecule has 1 aliphatic rings. The maximum Gasteiger partial charge on any atom is 0.416 e. The summed E-state index contributed by atoms with van der Waals surface area (Å²) in [5, 5.41) is 0. The third-order valence-corrected chi connectivity index (χ3v) is 2.66. The van der Waals surface area contributed by atoms with E-state index in [9.17, 15) is 18.0 Å². The fraction of sp³-hybridized carbons (Fsp3) is 0.364. The largest absolute Gasteiger partial charge is 0.416 e. The lowest BCUT2D eigenvalue weighted by molar-refractivity contribution is -0.138. The number of carbonyl (C=O) groups excluding carboxylic acids is 1. The summed E-state index contributed by atoms with van der Waals surface area (Å²) < 4.78 is 38.2. The Balaban J connectivity index is 2.60. The highest BCUT2D eigenvalue weighted by Crippen LogP contribution is 2.47. The molecule has 0 radical (unpaired) electrons. The van der Waals surface area contributed by atoms with Gasteiger partial charge in [0.25, 0.3) is 0 Å². The minimum Gasteiger partial charge on any atom is -0.366 e. The second-order valence-corrected chi connectivity index (χ2v) is 3.90. The molecule has 1 amide bonds. The number of nitrogens with two attached hydrogens (primary N) is 1. The summed E-state index contributed by atoms with van der Waals surface area (Å²) in [4.78, 5) is 11.1. The normalized spacial score (nSPS) is 16.2. The standard InChI is InChI=1S/C11H10F3NO/c12-11(13,14)8-3-1-2-7(10(15)16)9(8)6-4-5-6/h1-3,6H,4-5H2,(H2,15,16). The van der Waals surface area contributed by atoms with Crippen molar-refractivity contribution >= 4 is 5.91 Å². The second-order valence-electron chi connectivity index (χ2n) is 3.90. The van der Waals surface area contributed by atoms with Crippen molar-refractivity contribution in [2.45, 2.75) is 24.9 Å². The van der Waals surface area contributed by atoms with Crippen molar-refractivity contribution in [1.82, 2.24) is 0 Å². The van der Waals surface area contributed by atoms with E-state index in [0.29, 0.717) is 12.8 Å². The molecule has 1 aromatic carbocycles. The number of rotatable bonds is 2. The van der Waals surface area contributed by atoms with Gasteiger partial charge in [-0.05, 0) is 36.5 Å². The van der Waals surface area contributed by atoms with Crippen molar-refractivity contribution in [2.24, 2.45) is 5.73 Å². The molecule has 0 aliphatic heterocycles. The molecular weight excluding hydrogens is 219 g/mol. The molecule has 0 saturated heterocycles. The van der Waals surface area contributed by atoms with Gasteiger partial charge in [-0.3, -0.25) is 4.79 Å². The molecule has 1 fully saturated rings. The van der Waals surface area contributed by atoms with Crippen LogP contribution in [-0.4, -0.2) is 5.91 Å². The topological polar surface area (TPSA) is 43.1 Å². The fourth-order valence-corrected chi connectivity index (χ4v) is 1.84. The van der Waals surface area contributed by atoms with Gasteiger partial charge in [-0.15, -0.1) is 0 Å². The minimum atomic E-state index is -4.43. The Morgan fingerprint density at radius 3 is 2.38 bits per heavy atom. The van der Waals surface area contributed by atoms with Gasteiger partial charge in [0, 0.05) is 5.56 Å². The summed E-state index contributed by atoms with van der Waals surface area (Å²) in [6, 6.07) is 3.57. The molecule has 0 aromatic heterocycles. The van der Waals surface area contributed by atoms with Crippen LogP contribution in [0.2, 0.25) is 0 Å². The number of primary amides is 1. The van der Waals surface area contributed by atoms with Gasteiger partial charge < -0.3 is 5.73 Å². The fourth-order valence-electron chi connectivity index (χ4n) is 1.84. The Kier molecular flexibility index (Phi) is 2.40. The summed E-state index contributed by atoms with van der Waals surface area (Å²) in [5.74, 6) is -0.965. The van der Waals surface area contributed by atoms with Gasteiger partial charge >= 0.3 is 6.18 Å². The maximum absolute atomic E-state index is 12.7. The highest BCUT2D eigenvalue weighted by Gasteiger charge is 2.39. The van der Waals surface area contributed by atoms with E-state index >= 15 is 0 Å². The lowest BCUT2D eigenvalue weighted by Crippen LogP contribution is -2.18. The predicted octanol–water partition coefficient (Wildman–Crippen LogP) is 2.68. The zero-order valence-electron chi connectivity index (χ0n) is 8.34. The van der Waals surface area contributed by atoms with Crippen LogP contribution in [0.5, 0.6) is 0 Å². The molecule has 1 aliphatic carbocycles. The number of benzene rings is 1. The number of carbonyl (C=O) groups is 1. The molecule has 0 spiro atoms. The van der Waals surface area contributed by atoms with E-state index in [1.54, 1.807) is 0 Å². The summed E-state index contributed by atoms with van der Waals surface area (Å²) in [6.45, 7) is 0. The van der Waals surface area contributed by atoms with Gasteiger partial charge in [-0.1, -0.05) is 6.07 Å². The molecule has 1 aromatic rings. The van der Waals surface area contributed by atoms with Crippen LogP contribution in [0.15, 0.2) is 18.2 Å². The summed E-state index contributed by atoms with van der Waals surface area (Å²) in [6.07, 6.45) is -3.05. The van der Waals surface area contributed by atoms with Crippen molar-refractivity contribution in [1.29, 1.82) is 0 Å². The quantitative estimate of drug-likeness (QED) is 0.832. The molecule has 2 rings (SSSR count). The molecular formula is C11H10F3NO. The Bertz CT molecular complexity index is 435. The number of hydrogen-bond donors (Lipinski definition) is 1. The Morgan fingerprint density at radius 1 is 1.31 bits per heavy atom. The zero-order chi connectivity index (χ0) is 11.9. The van der Waals surface area contributed by atoms with Gasteiger partial charge in [0.2, 0.25) is 5.91 Å². The van der Waals surface area contributed by atoms with Crippen LogP contribution in [0.1, 0.15) is 40.2 Å². The van der Waals surface area contributed by atoms with Crippen molar-refractivity contribution in [2.75, 3.05) is 0 Å². The molecule has 0 heterocycles. The first-order valence-corrected chi connectivity index (χ1v) is 4.91. The summed E-state index contributed by atoms with van der Waals surface area (Å²) >= 11 is 0. The van der Waals surface area contributed by atoms with Crippen molar-refractivity contribution < 1.29 is 18.0 Å². The SMILES string of the molecule is NC(=O)c1cccc(C(F)(F)F)c1C1CC1. The van der Waals surface area contributed by atoms with E-state index in [1.807, 2.05) is 0 Å². The van der Waals surface area contributed by atoms with Crippen molar-refractivity contribution in [3.8, 4) is 0 Å². The monoisotopic (exact) mass is 229 g/mol. The van der Waals surface area contributed by atoms with E-state index in [1.165, 1.54) is 12.1 Å². The van der Waals surface area contributed by atoms with Gasteiger partial charge in [0.1, 0.15) is 0 Å². The average Bonchev–Trinajstić information content (AvgIpc) is 2.98. The molecule has 1 saturated carbocycles. The molecule has 2 nitrogen and oxygen atoms in total. The first-order chi connectivity index (χ1) is 7.41. The highest BCUT2D eigenvalue weighted by atomic mass is 19.4. The Hall–Kier alpha value is -1.52. The third-order valence-electron chi connectivity index (χ3n) is 2.66. The maximum atomic E-state index is 12.7. The zero-order valence-corrected chi connectivity index (χ0v) is 8.34. The van der Waals surface area contributed by atoms with Crippen molar-refractivity contribution in [3.05, 3.63) is 34.9 Å². The molecule has 16 heavy (non-hydrogen) atoms. The second kappa shape index (κ2) is 3.50. The van der Waals surface area contributed by atoms with Crippen LogP contribution in [0.25, 0.3) is 0 Å². The minimum absolute atomic E-state index is 0.00248. The average molecular weight is 229 g/mol. The molecule has 0 bridgehead atoms. The number of halogens is 3. The van der Waals surface area contributed by atoms with Crippen LogP contribution < -0.4 is 5.73 Å². The molecule has 0 atom stereocenters. The van der Waals surface area contributed by atoms with Gasteiger partial charge in [0.15, 0.2) is 0 Å². The van der Waals surface area contributed by atoms with E-state index in [0.717, 1.165) is 6.07 Å². The number of alkyl halides is 3. The van der Waals surface area contributed by atoms with Crippen LogP contribution in [0, 0.1) is 0 Å². The smallest absolute Gasteiger partial charge is 0.366 e. The van der Waals surface area contributed by atoms with Crippen molar-refractivity contribution in [3.63, 3.8) is 0 Å². The van der Waals surface area contributed by atoms with Crippen LogP contribution in [-0.2, 0) is 6.18 Å². The Labute approximate surface area is 90.2 Å². The third kappa shape index (κ3) is 1.89. The lowest BCUT2D eigenvalue weighted by atomic mass is 9.96. The van der Waals surface area contributed by atoms with Gasteiger partial charge in [-0.2, -0.15) is 13.2 Å². The number of hydrogen-bond acceptors (Lipinski definition) is 1. The molecule has 2 N–H and O–H groups in total. The van der Waals surface area contributed by atoms with E-state index in [-0.39, 0.29) is 17.0 Å². The van der Waals surface area contributed by atoms with E-state index < -0.39 is 17.6 Å². The van der Waals surface area contributed by atoms with Crippen LogP contribution in [0.4, 0.5) is 13.2 Å². The van der Waals surface area contributed by atoms with Gasteiger partial charge in [-0.25, -0.2) is 0 Å². The van der Waals surface area contributed by atoms with E-state index in [4.69, 9.17) is 5.73 Å². The van der Waals surface area contributed by atoms with Gasteiger partial charge in [0.05, 0.1) is 5.56 Å². The lowest BCUT2D eigenvalue weighted by Gasteiger charge is -2.14. The van der Waals surface area contributed by atoms with E-state index in [2.05, 4.69) is 0 Å². The molecule has 5 heteroatoms. The number of amides is 1. The first-order valence-electron chi connectivity index (χ1n) is 4.91. The first kappa shape index (κ1) is 11.0. The van der Waals surface area contributed by atoms with Crippen LogP contribution >= 0.6 is 0 Å². The molecule has 0 unspecified atom stereocenters. The summed E-state index contributed by atoms with van der Waals surface area (Å²) in [5.41, 5.74) is 4.43. The van der Waals surface area contributed by atoms with Crippen LogP contribution in [0.3, 0.4) is 0 Å². The highest BCUT2D eigenvalue weighted by molar-refractivity contribution is 5.95. The summed E-state index contributed by atoms with van der Waals surface area (Å²) in [7, 11) is 0. The molecule has 86 valence electrons. The predicted molar refractivity (Wildman–Crippen MR) is 51.9 cm³/mol. The Morgan fingerprint density at radius 2 is 1.94 bits per heavy atom.